The molecule has 0 saturated heterocycles. The number of hydrogen-bond acceptors (Lipinski definition) is 5. The molecule has 0 fully saturated rings. The molecule has 0 aliphatic heterocycles. The van der Waals surface area contributed by atoms with Crippen LogP contribution in [0.3, 0.4) is 0 Å². The summed E-state index contributed by atoms with van der Waals surface area (Å²) < 4.78 is 38.6. The molecular weight excluding hydrogens is 261 g/mol. The Bertz CT molecular complexity index is 551. The normalized spacial score (nSPS) is 13.3. The summed E-state index contributed by atoms with van der Waals surface area (Å²) in [6.07, 6.45) is -4.49. The number of rotatable bonds is 3. The SMILES string of the molecule is CC(Nc1ccc(N)cc1C(F)(F)F)c1nn[nH]n1. The summed E-state index contributed by atoms with van der Waals surface area (Å²) in [6.45, 7) is 1.63. The van der Waals surface area contributed by atoms with Crippen molar-refractivity contribution in [3.8, 4) is 0 Å². The maximum absolute atomic E-state index is 12.9. The highest BCUT2D eigenvalue weighted by Gasteiger charge is 2.34. The average molecular weight is 272 g/mol. The molecule has 0 spiro atoms. The Labute approximate surface area is 106 Å². The first kappa shape index (κ1) is 13.1. The second kappa shape index (κ2) is 4.75. The van der Waals surface area contributed by atoms with Gasteiger partial charge in [0, 0.05) is 11.4 Å². The third-order valence-corrected chi connectivity index (χ3v) is 2.47. The van der Waals surface area contributed by atoms with Gasteiger partial charge in [-0.25, -0.2) is 0 Å². The van der Waals surface area contributed by atoms with E-state index in [9.17, 15) is 13.2 Å². The first-order chi connectivity index (χ1) is 8.88. The van der Waals surface area contributed by atoms with Gasteiger partial charge in [0.25, 0.3) is 0 Å². The number of alkyl halides is 3. The van der Waals surface area contributed by atoms with Crippen LogP contribution >= 0.6 is 0 Å². The number of aromatic nitrogens is 4. The van der Waals surface area contributed by atoms with Crippen LogP contribution in [0.4, 0.5) is 24.5 Å². The van der Waals surface area contributed by atoms with Crippen LogP contribution in [0.15, 0.2) is 18.2 Å². The minimum absolute atomic E-state index is 0.0464. The molecule has 19 heavy (non-hydrogen) atoms. The molecule has 2 rings (SSSR count). The van der Waals surface area contributed by atoms with Gasteiger partial charge >= 0.3 is 6.18 Å². The van der Waals surface area contributed by atoms with Crippen LogP contribution in [-0.2, 0) is 6.18 Å². The van der Waals surface area contributed by atoms with Crippen molar-refractivity contribution in [1.29, 1.82) is 0 Å². The largest absolute Gasteiger partial charge is 0.418 e. The van der Waals surface area contributed by atoms with E-state index in [1.54, 1.807) is 6.92 Å². The fourth-order valence-corrected chi connectivity index (χ4v) is 1.57. The number of halogens is 3. The zero-order valence-electron chi connectivity index (χ0n) is 9.86. The third kappa shape index (κ3) is 2.92. The molecule has 1 aromatic carbocycles. The molecule has 6 nitrogen and oxygen atoms in total. The topological polar surface area (TPSA) is 92.5 Å². The van der Waals surface area contributed by atoms with Gasteiger partial charge in [-0.2, -0.15) is 18.4 Å². The fourth-order valence-electron chi connectivity index (χ4n) is 1.57. The number of H-pyrrole nitrogens is 1. The number of nitrogens with two attached hydrogens (primary N) is 1. The van der Waals surface area contributed by atoms with Crippen LogP contribution in [0.5, 0.6) is 0 Å². The highest BCUT2D eigenvalue weighted by Crippen LogP contribution is 2.37. The van der Waals surface area contributed by atoms with Gasteiger partial charge in [0.05, 0.1) is 11.6 Å². The lowest BCUT2D eigenvalue weighted by molar-refractivity contribution is -0.136. The molecule has 102 valence electrons. The first-order valence-electron chi connectivity index (χ1n) is 5.34. The molecule has 0 amide bonds. The molecule has 4 N–H and O–H groups in total. The zero-order chi connectivity index (χ0) is 14.0. The molecule has 1 heterocycles. The van der Waals surface area contributed by atoms with Crippen molar-refractivity contribution in [2.24, 2.45) is 0 Å². The number of anilines is 2. The Kier molecular flexibility index (Phi) is 3.28. The predicted molar refractivity (Wildman–Crippen MR) is 62.1 cm³/mol. The van der Waals surface area contributed by atoms with Crippen LogP contribution in [0.25, 0.3) is 0 Å². The van der Waals surface area contributed by atoms with Crippen molar-refractivity contribution in [2.75, 3.05) is 11.1 Å². The van der Waals surface area contributed by atoms with Gasteiger partial charge in [0.2, 0.25) is 0 Å². The fraction of sp³-hybridized carbons (Fsp3) is 0.300. The maximum atomic E-state index is 12.9. The quantitative estimate of drug-likeness (QED) is 0.743. The van der Waals surface area contributed by atoms with E-state index in [0.29, 0.717) is 0 Å². The number of nitrogens with one attached hydrogen (secondary N) is 2. The predicted octanol–water partition coefficient (Wildman–Crippen LogP) is 1.97. The number of benzene rings is 1. The van der Waals surface area contributed by atoms with E-state index in [1.165, 1.54) is 12.1 Å². The van der Waals surface area contributed by atoms with Crippen molar-refractivity contribution < 1.29 is 13.2 Å². The number of nitrogen functional groups attached to an aromatic ring is 1. The van der Waals surface area contributed by atoms with E-state index in [1.807, 2.05) is 0 Å². The number of tetrazole rings is 1. The molecule has 1 aromatic heterocycles. The molecule has 0 aliphatic carbocycles. The Balaban J connectivity index is 2.30. The van der Waals surface area contributed by atoms with Crippen molar-refractivity contribution in [3.63, 3.8) is 0 Å². The van der Waals surface area contributed by atoms with Crippen LogP contribution in [-0.4, -0.2) is 20.6 Å². The highest BCUT2D eigenvalue weighted by atomic mass is 19.4. The van der Waals surface area contributed by atoms with E-state index in [4.69, 9.17) is 5.73 Å². The Morgan fingerprint density at radius 1 is 1.37 bits per heavy atom. The number of nitrogens with zero attached hydrogens (tertiary/aromatic N) is 3. The van der Waals surface area contributed by atoms with Gasteiger partial charge in [0.1, 0.15) is 0 Å². The second-order valence-electron chi connectivity index (χ2n) is 3.94. The zero-order valence-corrected chi connectivity index (χ0v) is 9.86. The van der Waals surface area contributed by atoms with Crippen LogP contribution in [0.2, 0.25) is 0 Å². The summed E-state index contributed by atoms with van der Waals surface area (Å²) in [5.74, 6) is 0.268. The van der Waals surface area contributed by atoms with E-state index in [-0.39, 0.29) is 17.2 Å². The summed E-state index contributed by atoms with van der Waals surface area (Å²) in [7, 11) is 0. The van der Waals surface area contributed by atoms with Crippen molar-refractivity contribution >= 4 is 11.4 Å². The van der Waals surface area contributed by atoms with Gasteiger partial charge in [0.15, 0.2) is 5.82 Å². The lowest BCUT2D eigenvalue weighted by Gasteiger charge is -2.17. The monoisotopic (exact) mass is 272 g/mol. The average Bonchev–Trinajstić information content (AvgIpc) is 2.83. The summed E-state index contributed by atoms with van der Waals surface area (Å²) in [5.41, 5.74) is 4.51. The number of aromatic amines is 1. The molecule has 1 atom stereocenters. The Hall–Kier alpha value is -2.32. The van der Waals surface area contributed by atoms with E-state index >= 15 is 0 Å². The summed E-state index contributed by atoms with van der Waals surface area (Å²) in [4.78, 5) is 0. The van der Waals surface area contributed by atoms with Crippen LogP contribution < -0.4 is 11.1 Å². The van der Waals surface area contributed by atoms with Crippen LogP contribution in [0.1, 0.15) is 24.4 Å². The lowest BCUT2D eigenvalue weighted by atomic mass is 10.1. The van der Waals surface area contributed by atoms with Gasteiger partial charge < -0.3 is 11.1 Å². The molecule has 0 bridgehead atoms. The molecule has 2 aromatic rings. The van der Waals surface area contributed by atoms with Gasteiger partial charge in [-0.1, -0.05) is 5.21 Å². The van der Waals surface area contributed by atoms with Crippen LogP contribution in [0, 0.1) is 0 Å². The lowest BCUT2D eigenvalue weighted by Crippen LogP contribution is -2.14. The summed E-state index contributed by atoms with van der Waals surface area (Å²) in [6, 6.07) is 3.02. The molecule has 0 aliphatic rings. The first-order valence-corrected chi connectivity index (χ1v) is 5.34. The summed E-state index contributed by atoms with van der Waals surface area (Å²) in [5, 5.41) is 15.7. The minimum atomic E-state index is -4.49. The molecular formula is C10H11F3N6. The van der Waals surface area contributed by atoms with Crippen molar-refractivity contribution in [2.45, 2.75) is 19.1 Å². The third-order valence-electron chi connectivity index (χ3n) is 2.47. The Morgan fingerprint density at radius 3 is 2.68 bits per heavy atom. The second-order valence-corrected chi connectivity index (χ2v) is 3.94. The van der Waals surface area contributed by atoms with E-state index < -0.39 is 17.8 Å². The smallest absolute Gasteiger partial charge is 0.399 e. The molecule has 1 unspecified atom stereocenters. The molecule has 9 heteroatoms. The summed E-state index contributed by atoms with van der Waals surface area (Å²) >= 11 is 0. The van der Waals surface area contributed by atoms with Gasteiger partial charge in [-0.3, -0.25) is 0 Å². The molecule has 0 radical (unpaired) electrons. The number of hydrogen-bond donors (Lipinski definition) is 3. The highest BCUT2D eigenvalue weighted by molar-refractivity contribution is 5.59. The van der Waals surface area contributed by atoms with Crippen molar-refractivity contribution in [1.82, 2.24) is 20.6 Å². The molecule has 0 saturated carbocycles. The van der Waals surface area contributed by atoms with E-state index in [2.05, 4.69) is 25.9 Å². The van der Waals surface area contributed by atoms with Gasteiger partial charge in [-0.15, -0.1) is 10.2 Å². The standard InChI is InChI=1S/C10H11F3N6/c1-5(9-16-18-19-17-9)15-8-3-2-6(14)4-7(8)10(11,12)13/h2-5,15H,14H2,1H3,(H,16,17,18,19). The minimum Gasteiger partial charge on any atom is -0.399 e. The van der Waals surface area contributed by atoms with Gasteiger partial charge in [-0.05, 0) is 25.1 Å². The van der Waals surface area contributed by atoms with E-state index in [0.717, 1.165) is 6.07 Å². The Morgan fingerprint density at radius 2 is 2.11 bits per heavy atom. The van der Waals surface area contributed by atoms with Crippen molar-refractivity contribution in [3.05, 3.63) is 29.6 Å². The maximum Gasteiger partial charge on any atom is 0.418 e.